The molecule has 0 fully saturated rings. The lowest BCUT2D eigenvalue weighted by molar-refractivity contribution is -0.141. The predicted molar refractivity (Wildman–Crippen MR) is 116 cm³/mol. The number of alkyl halides is 4. The molecule has 166 valence electrons. The molecule has 1 atom stereocenters. The van der Waals surface area contributed by atoms with E-state index in [9.17, 15) is 17.6 Å². The minimum Gasteiger partial charge on any atom is -0.487 e. The van der Waals surface area contributed by atoms with Gasteiger partial charge in [0.05, 0.1) is 15.7 Å². The third-order valence-corrected chi connectivity index (χ3v) is 5.48. The van der Waals surface area contributed by atoms with E-state index in [1.54, 1.807) is 36.4 Å². The lowest BCUT2D eigenvalue weighted by atomic mass is 9.96. The standard InChI is InChI=1S/C23H16Cl2F4N2O/c24-19-5-2-6-20(25)22(19)31-17(12-21(30-31)23(27,28)29)13-32-18-9-7-14(8-10-18)15-3-1-4-16(26)11-15/h1-10,12,16H,11,13H2. The molecule has 0 spiro atoms. The van der Waals surface area contributed by atoms with E-state index in [1.807, 2.05) is 6.08 Å². The summed E-state index contributed by atoms with van der Waals surface area (Å²) in [7, 11) is 0. The molecule has 0 aliphatic heterocycles. The number of halogens is 6. The van der Waals surface area contributed by atoms with Crippen LogP contribution >= 0.6 is 23.2 Å². The minimum absolute atomic E-state index is 0.122. The van der Waals surface area contributed by atoms with Crippen LogP contribution in [-0.2, 0) is 12.8 Å². The number of allylic oxidation sites excluding steroid dienone is 4. The van der Waals surface area contributed by atoms with Crippen molar-refractivity contribution in [3.05, 3.63) is 93.8 Å². The zero-order valence-electron chi connectivity index (χ0n) is 16.4. The first kappa shape index (κ1) is 22.4. The van der Waals surface area contributed by atoms with Gasteiger partial charge in [-0.25, -0.2) is 9.07 Å². The Bertz CT molecular complexity index is 1160. The van der Waals surface area contributed by atoms with E-state index in [0.717, 1.165) is 21.9 Å². The summed E-state index contributed by atoms with van der Waals surface area (Å²) in [4.78, 5) is 0. The van der Waals surface area contributed by atoms with E-state index in [4.69, 9.17) is 27.9 Å². The maximum Gasteiger partial charge on any atom is 0.435 e. The Kier molecular flexibility index (Phi) is 6.31. The summed E-state index contributed by atoms with van der Waals surface area (Å²) < 4.78 is 60.2. The average molecular weight is 483 g/mol. The quantitative estimate of drug-likeness (QED) is 0.353. The normalized spacial score (nSPS) is 16.2. The molecule has 0 saturated heterocycles. The number of para-hydroxylation sites is 1. The number of hydrogen-bond donors (Lipinski definition) is 0. The van der Waals surface area contributed by atoms with Gasteiger partial charge in [-0.1, -0.05) is 59.6 Å². The SMILES string of the molecule is FC1C=CC=C(c2ccc(OCc3cc(C(F)(F)F)nn3-c3c(Cl)cccc3Cl)cc2)C1. The van der Waals surface area contributed by atoms with Crippen LogP contribution in [0.15, 0.2) is 66.8 Å². The zero-order valence-corrected chi connectivity index (χ0v) is 17.9. The first-order valence-electron chi connectivity index (χ1n) is 9.57. The molecule has 1 aliphatic rings. The number of ether oxygens (including phenoxy) is 1. The van der Waals surface area contributed by atoms with E-state index < -0.39 is 18.0 Å². The fourth-order valence-electron chi connectivity index (χ4n) is 3.32. The molecule has 0 amide bonds. The lowest BCUT2D eigenvalue weighted by Crippen LogP contribution is -2.09. The molecule has 0 N–H and O–H groups in total. The Balaban J connectivity index is 1.59. The Morgan fingerprint density at radius 2 is 1.75 bits per heavy atom. The second-order valence-corrected chi connectivity index (χ2v) is 7.93. The van der Waals surface area contributed by atoms with Crippen molar-refractivity contribution in [3.8, 4) is 11.4 Å². The van der Waals surface area contributed by atoms with Crippen LogP contribution in [0.3, 0.4) is 0 Å². The lowest BCUT2D eigenvalue weighted by Gasteiger charge is -2.14. The predicted octanol–water partition coefficient (Wildman–Crippen LogP) is 7.46. The third-order valence-electron chi connectivity index (χ3n) is 4.87. The van der Waals surface area contributed by atoms with E-state index >= 15 is 0 Å². The van der Waals surface area contributed by atoms with Crippen LogP contribution in [0.1, 0.15) is 23.4 Å². The third kappa shape index (κ3) is 4.84. The van der Waals surface area contributed by atoms with Gasteiger partial charge in [0.15, 0.2) is 5.69 Å². The maximum atomic E-state index is 13.6. The van der Waals surface area contributed by atoms with E-state index in [0.29, 0.717) is 5.75 Å². The van der Waals surface area contributed by atoms with Crippen molar-refractivity contribution in [2.75, 3.05) is 0 Å². The van der Waals surface area contributed by atoms with Crippen molar-refractivity contribution >= 4 is 28.8 Å². The van der Waals surface area contributed by atoms with E-state index in [-0.39, 0.29) is 34.5 Å². The van der Waals surface area contributed by atoms with Crippen LogP contribution in [0.2, 0.25) is 10.0 Å². The highest BCUT2D eigenvalue weighted by Crippen LogP contribution is 2.34. The van der Waals surface area contributed by atoms with Crippen molar-refractivity contribution in [3.63, 3.8) is 0 Å². The Hall–Kier alpha value is -2.77. The van der Waals surface area contributed by atoms with Gasteiger partial charge in [0.1, 0.15) is 24.2 Å². The number of nitrogens with zero attached hydrogens (tertiary/aromatic N) is 2. The highest BCUT2D eigenvalue weighted by atomic mass is 35.5. The highest BCUT2D eigenvalue weighted by molar-refractivity contribution is 6.37. The van der Waals surface area contributed by atoms with Gasteiger partial charge in [-0.15, -0.1) is 0 Å². The summed E-state index contributed by atoms with van der Waals surface area (Å²) in [6.45, 7) is -0.206. The Labute approximate surface area is 191 Å². The number of hydrogen-bond acceptors (Lipinski definition) is 2. The van der Waals surface area contributed by atoms with Crippen LogP contribution in [0, 0.1) is 0 Å². The number of benzene rings is 2. The molecule has 1 heterocycles. The zero-order chi connectivity index (χ0) is 22.9. The number of aromatic nitrogens is 2. The molecule has 9 heteroatoms. The second-order valence-electron chi connectivity index (χ2n) is 7.11. The molecular formula is C23H16Cl2F4N2O. The Morgan fingerprint density at radius 3 is 2.38 bits per heavy atom. The van der Waals surface area contributed by atoms with Crippen LogP contribution in [0.5, 0.6) is 5.75 Å². The Morgan fingerprint density at radius 1 is 1.06 bits per heavy atom. The van der Waals surface area contributed by atoms with Crippen LogP contribution < -0.4 is 4.74 Å². The molecule has 2 aromatic carbocycles. The maximum absolute atomic E-state index is 13.6. The summed E-state index contributed by atoms with van der Waals surface area (Å²) in [5.74, 6) is 0.434. The molecular weight excluding hydrogens is 467 g/mol. The summed E-state index contributed by atoms with van der Waals surface area (Å²) in [5, 5.41) is 3.97. The van der Waals surface area contributed by atoms with Gasteiger partial charge in [0.2, 0.25) is 0 Å². The van der Waals surface area contributed by atoms with Crippen LogP contribution in [-0.4, -0.2) is 16.0 Å². The first-order valence-corrected chi connectivity index (χ1v) is 10.3. The van der Waals surface area contributed by atoms with Gasteiger partial charge in [-0.3, -0.25) is 0 Å². The van der Waals surface area contributed by atoms with E-state index in [1.165, 1.54) is 18.2 Å². The van der Waals surface area contributed by atoms with Crippen molar-refractivity contribution in [1.29, 1.82) is 0 Å². The van der Waals surface area contributed by atoms with Crippen molar-refractivity contribution < 1.29 is 22.3 Å². The fraction of sp³-hybridized carbons (Fsp3) is 0.174. The average Bonchev–Trinajstić information content (AvgIpc) is 3.17. The topological polar surface area (TPSA) is 27.1 Å². The van der Waals surface area contributed by atoms with Crippen LogP contribution in [0.25, 0.3) is 11.3 Å². The molecule has 32 heavy (non-hydrogen) atoms. The largest absolute Gasteiger partial charge is 0.487 e. The van der Waals surface area contributed by atoms with Gasteiger partial charge >= 0.3 is 6.18 Å². The van der Waals surface area contributed by atoms with E-state index in [2.05, 4.69) is 5.10 Å². The summed E-state index contributed by atoms with van der Waals surface area (Å²) in [6, 6.07) is 12.4. The molecule has 0 radical (unpaired) electrons. The molecule has 0 saturated carbocycles. The fourth-order valence-corrected chi connectivity index (χ4v) is 3.88. The molecule has 3 aromatic rings. The van der Waals surface area contributed by atoms with Gasteiger partial charge in [0, 0.05) is 6.42 Å². The molecule has 4 rings (SSSR count). The van der Waals surface area contributed by atoms with Crippen molar-refractivity contribution in [2.45, 2.75) is 25.4 Å². The van der Waals surface area contributed by atoms with Gasteiger partial charge in [-0.05, 0) is 41.5 Å². The van der Waals surface area contributed by atoms with Crippen molar-refractivity contribution in [2.24, 2.45) is 0 Å². The molecule has 1 aromatic heterocycles. The molecule has 1 aliphatic carbocycles. The van der Waals surface area contributed by atoms with Gasteiger partial charge in [0.25, 0.3) is 0 Å². The highest BCUT2D eigenvalue weighted by Gasteiger charge is 2.35. The molecule has 3 nitrogen and oxygen atoms in total. The molecule has 1 unspecified atom stereocenters. The van der Waals surface area contributed by atoms with Gasteiger partial charge in [-0.2, -0.15) is 18.3 Å². The summed E-state index contributed by atoms with van der Waals surface area (Å²) in [5.41, 5.74) is 0.875. The summed E-state index contributed by atoms with van der Waals surface area (Å²) in [6.07, 6.45) is -0.375. The second kappa shape index (κ2) is 9.00. The monoisotopic (exact) mass is 482 g/mol. The number of rotatable bonds is 5. The first-order chi connectivity index (χ1) is 15.2. The minimum atomic E-state index is -4.65. The molecule has 0 bridgehead atoms. The summed E-state index contributed by atoms with van der Waals surface area (Å²) >= 11 is 12.3. The van der Waals surface area contributed by atoms with Gasteiger partial charge < -0.3 is 4.74 Å². The smallest absolute Gasteiger partial charge is 0.435 e. The van der Waals surface area contributed by atoms with Crippen LogP contribution in [0.4, 0.5) is 17.6 Å². The van der Waals surface area contributed by atoms with Crippen molar-refractivity contribution in [1.82, 2.24) is 9.78 Å².